The van der Waals surface area contributed by atoms with Crippen molar-refractivity contribution in [3.63, 3.8) is 0 Å². The van der Waals surface area contributed by atoms with E-state index in [0.717, 1.165) is 12.5 Å². The van der Waals surface area contributed by atoms with Gasteiger partial charge in [0.25, 0.3) is 5.69 Å². The zero-order valence-electron chi connectivity index (χ0n) is 9.67. The first kappa shape index (κ1) is 13.9. The maximum Gasteiger partial charge on any atom is 0.295 e. The van der Waals surface area contributed by atoms with Crippen molar-refractivity contribution in [2.45, 2.75) is 20.3 Å². The molecule has 0 heterocycles. The highest BCUT2D eigenvalue weighted by atomic mass is 79.9. The Labute approximate surface area is 107 Å². The van der Waals surface area contributed by atoms with Crippen LogP contribution in [0, 0.1) is 21.8 Å². The quantitative estimate of drug-likeness (QED) is 0.662. The molecule has 0 aliphatic carbocycles. The van der Waals surface area contributed by atoms with Gasteiger partial charge in [-0.25, -0.2) is 4.39 Å². The zero-order chi connectivity index (χ0) is 13.0. The lowest BCUT2D eigenvalue weighted by atomic mass is 10.1. The molecule has 1 aromatic rings. The van der Waals surface area contributed by atoms with Gasteiger partial charge in [0.15, 0.2) is 0 Å². The molecule has 0 bridgehead atoms. The van der Waals surface area contributed by atoms with Crippen molar-refractivity contribution in [3.8, 4) is 0 Å². The molecule has 4 nitrogen and oxygen atoms in total. The van der Waals surface area contributed by atoms with E-state index in [1.807, 2.05) is 13.8 Å². The van der Waals surface area contributed by atoms with Gasteiger partial charge in [-0.15, -0.1) is 0 Å². The number of hydrogen-bond donors (Lipinski definition) is 1. The summed E-state index contributed by atoms with van der Waals surface area (Å²) in [6, 6.07) is 2.32. The predicted molar refractivity (Wildman–Crippen MR) is 68.7 cm³/mol. The lowest BCUT2D eigenvalue weighted by Gasteiger charge is -2.12. The van der Waals surface area contributed by atoms with Gasteiger partial charge in [0.05, 0.1) is 15.5 Å². The van der Waals surface area contributed by atoms with Crippen LogP contribution in [0.1, 0.15) is 20.3 Å². The Morgan fingerprint density at radius 3 is 2.76 bits per heavy atom. The Balaban J connectivity index is 2.96. The predicted octanol–water partition coefficient (Wildman–Crippen LogP) is 3.95. The van der Waals surface area contributed by atoms with E-state index in [2.05, 4.69) is 21.2 Å². The molecule has 0 aromatic heterocycles. The average molecular weight is 305 g/mol. The van der Waals surface area contributed by atoms with Crippen LogP contribution in [0.3, 0.4) is 0 Å². The highest BCUT2D eigenvalue weighted by Gasteiger charge is 2.17. The number of nitro groups is 1. The van der Waals surface area contributed by atoms with Gasteiger partial charge >= 0.3 is 0 Å². The highest BCUT2D eigenvalue weighted by molar-refractivity contribution is 9.10. The van der Waals surface area contributed by atoms with Crippen molar-refractivity contribution in [1.29, 1.82) is 0 Å². The number of halogens is 2. The molecule has 0 radical (unpaired) electrons. The number of anilines is 1. The van der Waals surface area contributed by atoms with Crippen LogP contribution in [0.15, 0.2) is 16.6 Å². The summed E-state index contributed by atoms with van der Waals surface area (Å²) in [6.07, 6.45) is 0.975. The van der Waals surface area contributed by atoms with Crippen LogP contribution in [0.4, 0.5) is 15.8 Å². The lowest BCUT2D eigenvalue weighted by molar-refractivity contribution is -0.384. The minimum atomic E-state index is -0.634. The number of nitro benzene ring substituents is 1. The van der Waals surface area contributed by atoms with Crippen molar-refractivity contribution in [2.75, 3.05) is 11.9 Å². The Morgan fingerprint density at radius 2 is 2.24 bits per heavy atom. The minimum absolute atomic E-state index is 0.217. The first-order chi connectivity index (χ1) is 7.95. The second-order valence-electron chi connectivity index (χ2n) is 3.93. The Kier molecular flexibility index (Phi) is 4.86. The molecule has 0 fully saturated rings. The van der Waals surface area contributed by atoms with Gasteiger partial charge in [0.2, 0.25) is 0 Å². The van der Waals surface area contributed by atoms with Crippen molar-refractivity contribution in [3.05, 3.63) is 32.5 Å². The first-order valence-corrected chi connectivity index (χ1v) is 6.12. The van der Waals surface area contributed by atoms with Crippen molar-refractivity contribution < 1.29 is 9.31 Å². The van der Waals surface area contributed by atoms with Gasteiger partial charge in [0, 0.05) is 6.54 Å². The monoisotopic (exact) mass is 304 g/mol. The summed E-state index contributed by atoms with van der Waals surface area (Å²) in [6.45, 7) is 4.70. The van der Waals surface area contributed by atoms with Gasteiger partial charge in [0.1, 0.15) is 11.5 Å². The molecule has 0 spiro atoms. The molecule has 1 atom stereocenters. The molecule has 0 saturated carbocycles. The minimum Gasteiger partial charge on any atom is -0.379 e. The largest absolute Gasteiger partial charge is 0.379 e. The van der Waals surface area contributed by atoms with E-state index in [4.69, 9.17) is 0 Å². The topological polar surface area (TPSA) is 55.2 Å². The van der Waals surface area contributed by atoms with Gasteiger partial charge in [-0.3, -0.25) is 10.1 Å². The second-order valence-corrected chi connectivity index (χ2v) is 4.79. The maximum absolute atomic E-state index is 13.2. The summed E-state index contributed by atoms with van der Waals surface area (Å²) in [4.78, 5) is 10.2. The van der Waals surface area contributed by atoms with Crippen LogP contribution in [0.2, 0.25) is 0 Å². The molecule has 0 amide bonds. The van der Waals surface area contributed by atoms with Crippen LogP contribution < -0.4 is 5.32 Å². The molecule has 6 heteroatoms. The molecule has 94 valence electrons. The molecular formula is C11H14BrFN2O2. The van der Waals surface area contributed by atoms with Gasteiger partial charge in [-0.1, -0.05) is 20.3 Å². The Morgan fingerprint density at radius 1 is 1.59 bits per heavy atom. The fraction of sp³-hybridized carbons (Fsp3) is 0.455. The van der Waals surface area contributed by atoms with Gasteiger partial charge in [-0.2, -0.15) is 0 Å². The smallest absolute Gasteiger partial charge is 0.295 e. The molecule has 1 unspecified atom stereocenters. The van der Waals surface area contributed by atoms with Crippen molar-refractivity contribution in [2.24, 2.45) is 5.92 Å². The molecular weight excluding hydrogens is 291 g/mol. The number of benzene rings is 1. The molecule has 17 heavy (non-hydrogen) atoms. The van der Waals surface area contributed by atoms with Crippen LogP contribution in [0.5, 0.6) is 0 Å². The van der Waals surface area contributed by atoms with E-state index in [9.17, 15) is 14.5 Å². The molecule has 1 rings (SSSR count). The molecule has 0 aliphatic rings. The molecule has 0 saturated heterocycles. The normalized spacial score (nSPS) is 12.2. The fourth-order valence-electron chi connectivity index (χ4n) is 1.26. The average Bonchev–Trinajstić information content (AvgIpc) is 2.29. The number of hydrogen-bond acceptors (Lipinski definition) is 3. The zero-order valence-corrected chi connectivity index (χ0v) is 11.3. The standard InChI is InChI=1S/C11H14BrFN2O2/c1-3-7(2)6-14-10-4-8(12)9(13)5-11(10)15(16)17/h4-5,7,14H,3,6H2,1-2H3. The SMILES string of the molecule is CCC(C)CNc1cc(Br)c(F)cc1[N+](=O)[O-]. The highest BCUT2D eigenvalue weighted by Crippen LogP contribution is 2.30. The summed E-state index contributed by atoms with van der Waals surface area (Å²) in [7, 11) is 0. The van der Waals surface area contributed by atoms with E-state index < -0.39 is 10.7 Å². The van der Waals surface area contributed by atoms with E-state index in [0.29, 0.717) is 18.2 Å². The van der Waals surface area contributed by atoms with Crippen molar-refractivity contribution >= 4 is 27.3 Å². The summed E-state index contributed by atoms with van der Waals surface area (Å²) in [5.74, 6) is -0.232. The van der Waals surface area contributed by atoms with Crippen molar-refractivity contribution in [1.82, 2.24) is 0 Å². The Bertz CT molecular complexity index is 426. The number of nitrogens with zero attached hydrogens (tertiary/aromatic N) is 1. The van der Waals surface area contributed by atoms with Gasteiger partial charge in [-0.05, 0) is 27.9 Å². The molecule has 1 N–H and O–H groups in total. The lowest BCUT2D eigenvalue weighted by Crippen LogP contribution is -2.11. The number of nitrogens with one attached hydrogen (secondary N) is 1. The van der Waals surface area contributed by atoms with Crippen LogP contribution in [-0.4, -0.2) is 11.5 Å². The fourth-order valence-corrected chi connectivity index (χ4v) is 1.60. The van der Waals surface area contributed by atoms with Gasteiger partial charge < -0.3 is 5.32 Å². The second kappa shape index (κ2) is 5.95. The van der Waals surface area contributed by atoms with E-state index in [1.54, 1.807) is 0 Å². The summed E-state index contributed by atoms with van der Waals surface area (Å²) in [5, 5.41) is 13.8. The summed E-state index contributed by atoms with van der Waals surface area (Å²) in [5.41, 5.74) is 0.0950. The Hall–Kier alpha value is -1.17. The maximum atomic E-state index is 13.2. The van der Waals surface area contributed by atoms with Crippen LogP contribution in [0.25, 0.3) is 0 Å². The summed E-state index contributed by atoms with van der Waals surface area (Å²) < 4.78 is 13.4. The third-order valence-corrected chi connectivity index (χ3v) is 3.18. The van der Waals surface area contributed by atoms with Crippen LogP contribution >= 0.6 is 15.9 Å². The molecule has 1 aromatic carbocycles. The van der Waals surface area contributed by atoms with E-state index in [1.165, 1.54) is 6.07 Å². The van der Waals surface area contributed by atoms with Crippen LogP contribution in [-0.2, 0) is 0 Å². The third kappa shape index (κ3) is 3.66. The van der Waals surface area contributed by atoms with E-state index in [-0.39, 0.29) is 10.2 Å². The van der Waals surface area contributed by atoms with E-state index >= 15 is 0 Å². The third-order valence-electron chi connectivity index (χ3n) is 2.57. The molecule has 0 aliphatic heterocycles. The number of rotatable bonds is 5. The first-order valence-electron chi connectivity index (χ1n) is 5.33. The summed E-state index contributed by atoms with van der Waals surface area (Å²) >= 11 is 3.02.